The smallest absolute Gasteiger partial charge is 0.160 e. The topological polar surface area (TPSA) is 45.5 Å². The van der Waals surface area contributed by atoms with Gasteiger partial charge in [0.05, 0.1) is 6.54 Å². The number of rotatable bonds is 5. The molecule has 21 heavy (non-hydrogen) atoms. The highest BCUT2D eigenvalue weighted by atomic mass is 15.3. The summed E-state index contributed by atoms with van der Waals surface area (Å²) in [5.74, 6) is 1.76. The van der Waals surface area contributed by atoms with Crippen LogP contribution in [-0.4, -0.2) is 45.2 Å². The van der Waals surface area contributed by atoms with E-state index >= 15 is 0 Å². The second-order valence-corrected chi connectivity index (χ2v) is 5.99. The summed E-state index contributed by atoms with van der Waals surface area (Å²) in [6.07, 6.45) is 4.61. The third kappa shape index (κ3) is 3.24. The number of hydrogen-bond acceptors (Lipinski definition) is 4. The minimum atomic E-state index is 0.528. The predicted molar refractivity (Wildman–Crippen MR) is 84.1 cm³/mol. The van der Waals surface area contributed by atoms with Crippen molar-refractivity contribution in [2.45, 2.75) is 39.3 Å². The van der Waals surface area contributed by atoms with Crippen molar-refractivity contribution < 1.29 is 0 Å². The summed E-state index contributed by atoms with van der Waals surface area (Å²) in [5, 5.41) is 12.1. The summed E-state index contributed by atoms with van der Waals surface area (Å²) in [6, 6.07) is 6.52. The van der Waals surface area contributed by atoms with Crippen LogP contribution in [0.4, 0.5) is 0 Å². The van der Waals surface area contributed by atoms with Gasteiger partial charge >= 0.3 is 0 Å². The zero-order chi connectivity index (χ0) is 14.7. The normalized spacial score (nSPS) is 19.1. The number of hydrogen-bond donors (Lipinski definition) is 1. The summed E-state index contributed by atoms with van der Waals surface area (Å²) in [5.41, 5.74) is 0.915. The van der Waals surface area contributed by atoms with Crippen molar-refractivity contribution in [1.29, 1.82) is 0 Å². The minimum Gasteiger partial charge on any atom is -0.307 e. The molecular formula is C16H25N5. The van der Waals surface area contributed by atoms with Gasteiger partial charge in [-0.2, -0.15) is 0 Å². The number of piperidine rings is 1. The first-order valence-corrected chi connectivity index (χ1v) is 8.02. The number of pyridine rings is 1. The van der Waals surface area contributed by atoms with Crippen LogP contribution in [-0.2, 0) is 6.54 Å². The highest BCUT2D eigenvalue weighted by molar-refractivity contribution is 5.36. The van der Waals surface area contributed by atoms with Gasteiger partial charge in [-0.3, -0.25) is 4.40 Å². The molecule has 3 rings (SSSR count). The molecule has 5 nitrogen and oxygen atoms in total. The lowest BCUT2D eigenvalue weighted by atomic mass is 9.90. The first-order valence-electron chi connectivity index (χ1n) is 8.02. The maximum absolute atomic E-state index is 4.28. The van der Waals surface area contributed by atoms with Gasteiger partial charge in [0.15, 0.2) is 11.5 Å². The second-order valence-electron chi connectivity index (χ2n) is 5.99. The lowest BCUT2D eigenvalue weighted by Gasteiger charge is -2.34. The Labute approximate surface area is 126 Å². The molecule has 114 valence electrons. The highest BCUT2D eigenvalue weighted by Gasteiger charge is 2.23. The van der Waals surface area contributed by atoms with Crippen LogP contribution < -0.4 is 5.32 Å². The van der Waals surface area contributed by atoms with Crippen LogP contribution in [0.15, 0.2) is 24.4 Å². The third-order valence-corrected chi connectivity index (χ3v) is 4.75. The molecule has 1 aliphatic heterocycles. The summed E-state index contributed by atoms with van der Waals surface area (Å²) in [6.45, 7) is 8.98. The maximum Gasteiger partial charge on any atom is 0.160 e. The van der Waals surface area contributed by atoms with Crippen molar-refractivity contribution >= 4 is 5.65 Å². The zero-order valence-electron chi connectivity index (χ0n) is 13.0. The second kappa shape index (κ2) is 6.54. The van der Waals surface area contributed by atoms with Gasteiger partial charge in [-0.25, -0.2) is 0 Å². The van der Waals surface area contributed by atoms with Crippen molar-refractivity contribution in [2.75, 3.05) is 19.6 Å². The fourth-order valence-electron chi connectivity index (χ4n) is 3.20. The molecule has 1 aliphatic rings. The molecule has 2 aromatic heterocycles. The van der Waals surface area contributed by atoms with Gasteiger partial charge in [0.2, 0.25) is 0 Å². The Morgan fingerprint density at radius 3 is 2.86 bits per heavy atom. The Bertz CT molecular complexity index is 571. The van der Waals surface area contributed by atoms with Gasteiger partial charge in [0, 0.05) is 12.2 Å². The summed E-state index contributed by atoms with van der Waals surface area (Å²) < 4.78 is 2.05. The van der Waals surface area contributed by atoms with Gasteiger partial charge in [-0.15, -0.1) is 10.2 Å². The predicted octanol–water partition coefficient (Wildman–Crippen LogP) is 1.94. The van der Waals surface area contributed by atoms with Crippen LogP contribution in [0.3, 0.4) is 0 Å². The lowest BCUT2D eigenvalue weighted by Crippen LogP contribution is -2.41. The van der Waals surface area contributed by atoms with Gasteiger partial charge in [0.25, 0.3) is 0 Å². The molecule has 0 saturated carbocycles. The number of fused-ring (bicyclic) bond motifs is 1. The van der Waals surface area contributed by atoms with E-state index in [9.17, 15) is 0 Å². The minimum absolute atomic E-state index is 0.528. The molecule has 0 spiro atoms. The molecule has 0 radical (unpaired) electrons. The third-order valence-electron chi connectivity index (χ3n) is 4.75. The largest absolute Gasteiger partial charge is 0.307 e. The quantitative estimate of drug-likeness (QED) is 0.913. The summed E-state index contributed by atoms with van der Waals surface area (Å²) in [7, 11) is 0. The SMILES string of the molecule is CCN1CCC(C(C)NCc2nnc3ccccn23)CC1. The zero-order valence-corrected chi connectivity index (χ0v) is 13.0. The van der Waals surface area contributed by atoms with Crippen molar-refractivity contribution in [3.63, 3.8) is 0 Å². The van der Waals surface area contributed by atoms with Crippen LogP contribution >= 0.6 is 0 Å². The van der Waals surface area contributed by atoms with E-state index < -0.39 is 0 Å². The van der Waals surface area contributed by atoms with Crippen molar-refractivity contribution in [2.24, 2.45) is 5.92 Å². The van der Waals surface area contributed by atoms with Crippen LogP contribution in [0.5, 0.6) is 0 Å². The fourth-order valence-corrected chi connectivity index (χ4v) is 3.20. The molecule has 0 bridgehead atoms. The van der Waals surface area contributed by atoms with E-state index in [-0.39, 0.29) is 0 Å². The molecular weight excluding hydrogens is 262 g/mol. The number of nitrogens with one attached hydrogen (secondary N) is 1. The van der Waals surface area contributed by atoms with E-state index in [0.29, 0.717) is 6.04 Å². The molecule has 0 amide bonds. The summed E-state index contributed by atoms with van der Waals surface area (Å²) >= 11 is 0. The Morgan fingerprint density at radius 2 is 2.10 bits per heavy atom. The Balaban J connectivity index is 1.55. The van der Waals surface area contributed by atoms with Crippen molar-refractivity contribution in [1.82, 2.24) is 24.8 Å². The summed E-state index contributed by atoms with van der Waals surface area (Å²) in [4.78, 5) is 2.54. The Morgan fingerprint density at radius 1 is 1.29 bits per heavy atom. The Hall–Kier alpha value is -1.46. The van der Waals surface area contributed by atoms with Crippen molar-refractivity contribution in [3.8, 4) is 0 Å². The average molecular weight is 287 g/mol. The maximum atomic E-state index is 4.28. The van der Waals surface area contributed by atoms with E-state index in [1.807, 2.05) is 24.4 Å². The van der Waals surface area contributed by atoms with Gasteiger partial charge in [0.1, 0.15) is 0 Å². The average Bonchev–Trinajstić information content (AvgIpc) is 2.96. The van der Waals surface area contributed by atoms with E-state index in [2.05, 4.69) is 38.7 Å². The number of likely N-dealkylation sites (tertiary alicyclic amines) is 1. The molecule has 1 atom stereocenters. The molecule has 1 saturated heterocycles. The monoisotopic (exact) mass is 287 g/mol. The first kappa shape index (κ1) is 14.5. The number of aromatic nitrogens is 3. The van der Waals surface area contributed by atoms with Crippen LogP contribution in [0.25, 0.3) is 5.65 Å². The lowest BCUT2D eigenvalue weighted by molar-refractivity contribution is 0.168. The van der Waals surface area contributed by atoms with E-state index in [1.54, 1.807) is 0 Å². The standard InChI is InChI=1S/C16H25N5/c1-3-20-10-7-14(8-11-20)13(2)17-12-16-19-18-15-6-4-5-9-21(15)16/h4-6,9,13-14,17H,3,7-8,10-12H2,1-2H3. The molecule has 0 aliphatic carbocycles. The van der Waals surface area contributed by atoms with Crippen LogP contribution in [0.2, 0.25) is 0 Å². The molecule has 1 N–H and O–H groups in total. The molecule has 0 aromatic carbocycles. The van der Waals surface area contributed by atoms with Crippen LogP contribution in [0, 0.1) is 5.92 Å². The molecule has 1 unspecified atom stereocenters. The highest BCUT2D eigenvalue weighted by Crippen LogP contribution is 2.20. The fraction of sp³-hybridized carbons (Fsp3) is 0.625. The molecule has 1 fully saturated rings. The van der Waals surface area contributed by atoms with Gasteiger partial charge in [-0.1, -0.05) is 13.0 Å². The molecule has 5 heteroatoms. The number of nitrogens with zero attached hydrogens (tertiary/aromatic N) is 4. The first-order chi connectivity index (χ1) is 10.3. The van der Waals surface area contributed by atoms with Crippen LogP contribution in [0.1, 0.15) is 32.5 Å². The molecule has 3 heterocycles. The van der Waals surface area contributed by atoms with Crippen molar-refractivity contribution in [3.05, 3.63) is 30.2 Å². The van der Waals surface area contributed by atoms with Gasteiger partial charge < -0.3 is 10.2 Å². The molecule has 2 aromatic rings. The Kier molecular flexibility index (Phi) is 4.51. The van der Waals surface area contributed by atoms with E-state index in [0.717, 1.165) is 23.9 Å². The van der Waals surface area contributed by atoms with E-state index in [1.165, 1.54) is 32.5 Å². The van der Waals surface area contributed by atoms with E-state index in [4.69, 9.17) is 0 Å². The van der Waals surface area contributed by atoms with Gasteiger partial charge in [-0.05, 0) is 57.5 Å².